The summed E-state index contributed by atoms with van der Waals surface area (Å²) in [7, 11) is 0. The summed E-state index contributed by atoms with van der Waals surface area (Å²) in [5, 5.41) is 14.6. The number of hydrogen-bond acceptors (Lipinski definition) is 6. The van der Waals surface area contributed by atoms with Gasteiger partial charge in [-0.25, -0.2) is 23.7 Å². The number of rotatable bonds is 6. The first-order valence-electron chi connectivity index (χ1n) is 11.0. The number of aliphatic hydroxyl groups is 1. The molecule has 3 aromatic heterocycles. The minimum atomic E-state index is -0.365. The Balaban J connectivity index is 1.92. The van der Waals surface area contributed by atoms with Gasteiger partial charge in [0.1, 0.15) is 17.5 Å². The van der Waals surface area contributed by atoms with Gasteiger partial charge in [0.05, 0.1) is 11.4 Å². The van der Waals surface area contributed by atoms with E-state index in [1.807, 2.05) is 6.20 Å². The summed E-state index contributed by atoms with van der Waals surface area (Å²) in [6, 6.07) is 12.2. The zero-order valence-corrected chi connectivity index (χ0v) is 19.7. The average Bonchev–Trinajstić information content (AvgIpc) is 3.27. The van der Waals surface area contributed by atoms with E-state index in [0.717, 1.165) is 16.5 Å². The third-order valence-corrected chi connectivity index (χ3v) is 5.97. The van der Waals surface area contributed by atoms with Crippen molar-refractivity contribution in [1.82, 2.24) is 24.7 Å². The Kier molecular flexibility index (Phi) is 6.27. The van der Waals surface area contributed by atoms with Crippen LogP contribution in [0.1, 0.15) is 12.2 Å². The Labute approximate surface area is 205 Å². The van der Waals surface area contributed by atoms with Crippen LogP contribution in [0.3, 0.4) is 0 Å². The van der Waals surface area contributed by atoms with E-state index in [1.165, 1.54) is 24.3 Å². The van der Waals surface area contributed by atoms with Crippen molar-refractivity contribution >= 4 is 23.7 Å². The van der Waals surface area contributed by atoms with Gasteiger partial charge in [0.25, 0.3) is 0 Å². The van der Waals surface area contributed by atoms with Crippen molar-refractivity contribution in [2.45, 2.75) is 24.8 Å². The molecule has 2 aromatic carbocycles. The number of halogens is 2. The maximum atomic E-state index is 13.9. The number of thiol groups is 1. The van der Waals surface area contributed by atoms with Gasteiger partial charge in [-0.1, -0.05) is 12.1 Å². The minimum absolute atomic E-state index is 0.0315. The van der Waals surface area contributed by atoms with E-state index in [2.05, 4.69) is 27.7 Å². The first-order valence-corrected chi connectivity index (χ1v) is 11.5. The third kappa shape index (κ3) is 4.52. The van der Waals surface area contributed by atoms with Crippen molar-refractivity contribution in [2.75, 3.05) is 6.61 Å². The Morgan fingerprint density at radius 3 is 2.20 bits per heavy atom. The summed E-state index contributed by atoms with van der Waals surface area (Å²) in [6.45, 7) is 2.32. The monoisotopic (exact) mass is 489 g/mol. The molecule has 0 saturated heterocycles. The van der Waals surface area contributed by atoms with Crippen molar-refractivity contribution in [2.24, 2.45) is 0 Å². The summed E-state index contributed by atoms with van der Waals surface area (Å²) in [4.78, 5) is 14.3. The Morgan fingerprint density at radius 2 is 1.54 bits per heavy atom. The highest BCUT2D eigenvalue weighted by atomic mass is 32.1. The van der Waals surface area contributed by atoms with Crippen LogP contribution in [0, 0.1) is 18.6 Å². The second-order valence-electron chi connectivity index (χ2n) is 8.08. The van der Waals surface area contributed by atoms with Crippen LogP contribution >= 0.6 is 12.6 Å². The molecule has 3 heterocycles. The Bertz CT molecular complexity index is 1520. The summed E-state index contributed by atoms with van der Waals surface area (Å²) in [6.07, 6.45) is 4.02. The van der Waals surface area contributed by atoms with E-state index >= 15 is 0 Å². The van der Waals surface area contributed by atoms with Crippen molar-refractivity contribution in [1.29, 1.82) is 0 Å². The molecule has 5 aromatic rings. The third-order valence-electron chi connectivity index (χ3n) is 5.64. The van der Waals surface area contributed by atoms with Crippen LogP contribution < -0.4 is 0 Å². The van der Waals surface area contributed by atoms with E-state index in [0.29, 0.717) is 51.8 Å². The van der Waals surface area contributed by atoms with Crippen LogP contribution in [0.5, 0.6) is 0 Å². The molecule has 1 N–H and O–H groups in total. The topological polar surface area (TPSA) is 76.7 Å². The lowest BCUT2D eigenvalue weighted by Crippen LogP contribution is -2.01. The predicted octanol–water partition coefficient (Wildman–Crippen LogP) is 5.48. The highest BCUT2D eigenvalue weighted by molar-refractivity contribution is 7.80. The highest BCUT2D eigenvalue weighted by Crippen LogP contribution is 2.44. The molecule has 0 fully saturated rings. The molecule has 0 atom stereocenters. The molecule has 9 heteroatoms. The molecule has 0 aliphatic heterocycles. The predicted molar refractivity (Wildman–Crippen MR) is 133 cm³/mol. The summed E-state index contributed by atoms with van der Waals surface area (Å²) in [5.74, 6) is -0.173. The summed E-state index contributed by atoms with van der Waals surface area (Å²) < 4.78 is 29.4. The van der Waals surface area contributed by atoms with E-state index in [9.17, 15) is 13.9 Å². The molecule has 0 unspecified atom stereocenters. The number of pyridine rings is 1. The molecule has 0 aliphatic rings. The molecule has 0 radical (unpaired) electrons. The zero-order chi connectivity index (χ0) is 24.5. The van der Waals surface area contributed by atoms with E-state index in [-0.39, 0.29) is 18.2 Å². The zero-order valence-electron chi connectivity index (χ0n) is 18.8. The minimum Gasteiger partial charge on any atom is -0.396 e. The van der Waals surface area contributed by atoms with Gasteiger partial charge >= 0.3 is 0 Å². The van der Waals surface area contributed by atoms with Gasteiger partial charge in [0.15, 0.2) is 5.65 Å². The molecule has 0 bridgehead atoms. The van der Waals surface area contributed by atoms with Gasteiger partial charge in [0.2, 0.25) is 0 Å². The van der Waals surface area contributed by atoms with Crippen molar-refractivity contribution in [3.63, 3.8) is 0 Å². The van der Waals surface area contributed by atoms with Crippen LogP contribution in [0.2, 0.25) is 0 Å². The second-order valence-corrected chi connectivity index (χ2v) is 8.56. The molecule has 5 rings (SSSR count). The van der Waals surface area contributed by atoms with Gasteiger partial charge in [0, 0.05) is 52.5 Å². The van der Waals surface area contributed by atoms with Crippen molar-refractivity contribution < 1.29 is 13.9 Å². The van der Waals surface area contributed by atoms with Gasteiger partial charge in [-0.15, -0.1) is 12.6 Å². The number of aliphatic hydroxyl groups excluding tert-OH is 1. The normalized spacial score (nSPS) is 11.3. The lowest BCUT2D eigenvalue weighted by atomic mass is 9.91. The number of fused-ring (bicyclic) bond motifs is 1. The van der Waals surface area contributed by atoms with Gasteiger partial charge in [-0.3, -0.25) is 4.68 Å². The number of aromatic nitrogens is 5. The summed E-state index contributed by atoms with van der Waals surface area (Å²) >= 11 is 4.63. The molecule has 0 aliphatic carbocycles. The molecule has 176 valence electrons. The fourth-order valence-corrected chi connectivity index (χ4v) is 4.26. The Morgan fingerprint density at radius 1 is 0.886 bits per heavy atom. The number of benzene rings is 2. The van der Waals surface area contributed by atoms with Crippen LogP contribution in [0.25, 0.3) is 44.7 Å². The van der Waals surface area contributed by atoms with Gasteiger partial charge < -0.3 is 5.11 Å². The van der Waals surface area contributed by atoms with E-state index in [1.54, 1.807) is 42.1 Å². The van der Waals surface area contributed by atoms with Crippen molar-refractivity contribution in [3.05, 3.63) is 78.4 Å². The first-order chi connectivity index (χ1) is 16.9. The quantitative estimate of drug-likeness (QED) is 0.309. The molecule has 0 spiro atoms. The maximum Gasteiger partial charge on any atom is 0.182 e. The average molecular weight is 490 g/mol. The molecule has 0 amide bonds. The van der Waals surface area contributed by atoms with Gasteiger partial charge in [-0.2, -0.15) is 5.10 Å². The van der Waals surface area contributed by atoms with Crippen molar-refractivity contribution in [3.8, 4) is 33.6 Å². The van der Waals surface area contributed by atoms with E-state index in [4.69, 9.17) is 4.98 Å². The SMILES string of the molecule is Cc1ncc(S)c(-c2c(-c3ccc(F)cc3)nc3nn(CCCO)cc3c2-c2ccc(F)cc2)n1. The molecular weight excluding hydrogens is 468 g/mol. The smallest absolute Gasteiger partial charge is 0.182 e. The standard InChI is InChI=1S/C26H21F2N5OS/c1-15-29-13-21(35)25(30-15)23-22(16-3-7-18(27)8-4-16)20-14-33(11-2-12-34)32-26(20)31-24(23)17-5-9-19(28)10-6-17/h3-10,13-14,34-35H,2,11-12H2,1H3. The molecule has 6 nitrogen and oxygen atoms in total. The highest BCUT2D eigenvalue weighted by Gasteiger charge is 2.24. The first kappa shape index (κ1) is 23.1. The molecule has 0 saturated carbocycles. The number of hydrogen-bond donors (Lipinski definition) is 2. The number of aryl methyl sites for hydroxylation is 2. The van der Waals surface area contributed by atoms with Gasteiger partial charge in [-0.05, 0) is 55.3 Å². The Hall–Kier alpha value is -3.69. The summed E-state index contributed by atoms with van der Waals surface area (Å²) in [5.41, 5.74) is 4.38. The lowest BCUT2D eigenvalue weighted by Gasteiger charge is -2.17. The fraction of sp³-hybridized carbons (Fsp3) is 0.154. The largest absolute Gasteiger partial charge is 0.396 e. The molecular formula is C26H21F2N5OS. The van der Waals surface area contributed by atoms with Crippen LogP contribution in [0.4, 0.5) is 8.78 Å². The fourth-order valence-electron chi connectivity index (χ4n) is 4.04. The second kappa shape index (κ2) is 9.52. The van der Waals surface area contributed by atoms with Crippen LogP contribution in [-0.2, 0) is 6.54 Å². The lowest BCUT2D eigenvalue weighted by molar-refractivity contribution is 0.277. The van der Waals surface area contributed by atoms with Crippen LogP contribution in [0.15, 0.2) is 65.8 Å². The van der Waals surface area contributed by atoms with Crippen LogP contribution in [-0.4, -0.2) is 36.4 Å². The van der Waals surface area contributed by atoms with E-state index < -0.39 is 0 Å². The maximum absolute atomic E-state index is 13.9. The molecule has 35 heavy (non-hydrogen) atoms. The number of nitrogens with zero attached hydrogens (tertiary/aromatic N) is 5.